The Labute approximate surface area is 217 Å². The largest absolute Gasteiger partial charge is 0.507 e. The minimum absolute atomic E-state index is 0.00935. The Kier molecular flexibility index (Phi) is 4.12. The van der Waals surface area contributed by atoms with E-state index < -0.39 is 75.7 Å². The third-order valence-corrected chi connectivity index (χ3v) is 8.30. The van der Waals surface area contributed by atoms with Crippen LogP contribution in [-0.2, 0) is 19.7 Å². The number of ketones is 1. The Morgan fingerprint density at radius 2 is 1.62 bits per heavy atom. The van der Waals surface area contributed by atoms with Gasteiger partial charge in [0.05, 0.1) is 11.3 Å². The standard InChI is InChI=1S/C28H18O11/c1-7-4-10(30)14-16-12(7)17-18-22(32)13-8(2)5-11(31)15-20(13)28(6-37-25(15)34,24(18)38-9(3)29)21(17)23(33)19(16)27(36)39-26(14)35/h4-5,18,24,31,35-36H,6H2,1-3H3/t18-,24+,28-/m1/s1. The molecule has 0 saturated heterocycles. The SMILES string of the molecule is CC(=O)O[C@H]1[C@H]2C(=O)c3c(C)cc(O)c4c3[C@]1(COC4=O)c1c2c2c(C)cc(=O)c3c(O)oc(O)c(c1=O)c23. The second kappa shape index (κ2) is 6.93. The minimum Gasteiger partial charge on any atom is -0.507 e. The van der Waals surface area contributed by atoms with E-state index in [1.807, 2.05) is 0 Å². The van der Waals surface area contributed by atoms with Gasteiger partial charge in [0.1, 0.15) is 34.8 Å². The van der Waals surface area contributed by atoms with Crippen molar-refractivity contribution in [3.63, 3.8) is 0 Å². The number of fused-ring (bicyclic) bond motifs is 4. The number of benzene rings is 3. The molecule has 7 rings (SSSR count). The van der Waals surface area contributed by atoms with Crippen molar-refractivity contribution >= 4 is 39.3 Å². The lowest BCUT2D eigenvalue weighted by molar-refractivity contribution is -0.150. The Morgan fingerprint density at radius 1 is 0.923 bits per heavy atom. The fourth-order valence-electron chi connectivity index (χ4n) is 7.10. The Morgan fingerprint density at radius 3 is 2.31 bits per heavy atom. The number of esters is 2. The molecule has 39 heavy (non-hydrogen) atoms. The lowest BCUT2D eigenvalue weighted by Gasteiger charge is -2.44. The fourth-order valence-corrected chi connectivity index (χ4v) is 7.10. The zero-order valence-electron chi connectivity index (χ0n) is 20.6. The maximum absolute atomic E-state index is 14.4. The van der Waals surface area contributed by atoms with E-state index in [9.17, 15) is 39.3 Å². The number of hydrogen-bond donors (Lipinski definition) is 3. The van der Waals surface area contributed by atoms with Crippen molar-refractivity contribution in [1.82, 2.24) is 0 Å². The third-order valence-electron chi connectivity index (χ3n) is 8.30. The number of carbonyl (C=O) groups is 3. The number of ether oxygens (including phenoxy) is 2. The first-order valence-electron chi connectivity index (χ1n) is 12.0. The summed E-state index contributed by atoms with van der Waals surface area (Å²) < 4.78 is 16.2. The number of aromatic hydroxyl groups is 3. The molecule has 1 spiro atoms. The molecule has 2 heterocycles. The monoisotopic (exact) mass is 530 g/mol. The van der Waals surface area contributed by atoms with E-state index in [1.165, 1.54) is 12.1 Å². The molecule has 11 heteroatoms. The zero-order chi connectivity index (χ0) is 27.9. The van der Waals surface area contributed by atoms with Crippen LogP contribution < -0.4 is 10.9 Å². The van der Waals surface area contributed by atoms with Crippen LogP contribution in [0, 0.1) is 13.8 Å². The Balaban J connectivity index is 1.81. The van der Waals surface area contributed by atoms with E-state index in [4.69, 9.17) is 13.9 Å². The van der Waals surface area contributed by atoms with E-state index in [1.54, 1.807) is 13.8 Å². The van der Waals surface area contributed by atoms with E-state index in [0.29, 0.717) is 11.1 Å². The summed E-state index contributed by atoms with van der Waals surface area (Å²) in [5, 5.41) is 31.3. The molecule has 1 aromatic heterocycles. The maximum Gasteiger partial charge on any atom is 0.342 e. The predicted molar refractivity (Wildman–Crippen MR) is 132 cm³/mol. The van der Waals surface area contributed by atoms with Crippen molar-refractivity contribution in [2.75, 3.05) is 6.61 Å². The summed E-state index contributed by atoms with van der Waals surface area (Å²) in [5.41, 5.74) is -2.78. The summed E-state index contributed by atoms with van der Waals surface area (Å²) >= 11 is 0. The zero-order valence-corrected chi connectivity index (χ0v) is 20.6. The van der Waals surface area contributed by atoms with Crippen LogP contribution in [0.3, 0.4) is 0 Å². The molecule has 0 amide bonds. The Bertz CT molecular complexity index is 2020. The van der Waals surface area contributed by atoms with E-state index in [0.717, 1.165) is 6.92 Å². The molecule has 3 aliphatic rings. The van der Waals surface area contributed by atoms with Gasteiger partial charge in [-0.15, -0.1) is 0 Å². The number of phenolic OH excluding ortho intramolecular Hbond substituents is 1. The molecule has 2 aliphatic carbocycles. The van der Waals surface area contributed by atoms with Crippen molar-refractivity contribution in [2.45, 2.75) is 38.2 Å². The van der Waals surface area contributed by atoms with Crippen LogP contribution in [0.1, 0.15) is 61.4 Å². The average Bonchev–Trinajstić information content (AvgIpc) is 3.04. The molecular formula is C28H18O11. The number of cyclic esters (lactones) is 1. The number of aryl methyl sites for hydroxylation is 2. The van der Waals surface area contributed by atoms with E-state index in [2.05, 4.69) is 0 Å². The van der Waals surface area contributed by atoms with Crippen molar-refractivity contribution in [3.8, 4) is 17.6 Å². The van der Waals surface area contributed by atoms with Crippen LogP contribution in [0.4, 0.5) is 0 Å². The fraction of sp³-hybridized carbons (Fsp3) is 0.250. The highest BCUT2D eigenvalue weighted by molar-refractivity contribution is 6.20. The van der Waals surface area contributed by atoms with Gasteiger partial charge in [-0.25, -0.2) is 4.79 Å². The van der Waals surface area contributed by atoms with Gasteiger partial charge in [0.2, 0.25) is 0 Å². The summed E-state index contributed by atoms with van der Waals surface area (Å²) in [6, 6.07) is 2.46. The summed E-state index contributed by atoms with van der Waals surface area (Å²) in [5.74, 6) is -5.86. The van der Waals surface area contributed by atoms with Gasteiger partial charge in [-0.1, -0.05) is 0 Å². The normalized spacial score (nSPS) is 22.6. The lowest BCUT2D eigenvalue weighted by Crippen LogP contribution is -2.55. The van der Waals surface area contributed by atoms with Crippen molar-refractivity contribution < 1.29 is 43.6 Å². The summed E-state index contributed by atoms with van der Waals surface area (Å²) in [7, 11) is 0. The number of rotatable bonds is 1. The first kappa shape index (κ1) is 23.2. The molecule has 196 valence electrons. The van der Waals surface area contributed by atoms with E-state index >= 15 is 0 Å². The molecule has 2 bridgehead atoms. The van der Waals surface area contributed by atoms with Crippen molar-refractivity contribution in [2.24, 2.45) is 0 Å². The summed E-state index contributed by atoms with van der Waals surface area (Å²) in [4.78, 5) is 66.9. The van der Waals surface area contributed by atoms with Gasteiger partial charge < -0.3 is 29.2 Å². The number of hydrogen-bond acceptors (Lipinski definition) is 11. The van der Waals surface area contributed by atoms with Crippen LogP contribution in [0.2, 0.25) is 0 Å². The minimum atomic E-state index is -1.73. The summed E-state index contributed by atoms with van der Waals surface area (Å²) in [6.07, 6.45) is -1.36. The second-order valence-corrected chi connectivity index (χ2v) is 10.3. The second-order valence-electron chi connectivity index (χ2n) is 10.3. The molecule has 3 atom stereocenters. The first-order chi connectivity index (χ1) is 18.4. The molecule has 3 aromatic carbocycles. The van der Waals surface area contributed by atoms with Gasteiger partial charge in [-0.05, 0) is 53.6 Å². The van der Waals surface area contributed by atoms with Crippen LogP contribution in [-0.4, -0.2) is 45.8 Å². The Hall–Kier alpha value is -4.93. The molecule has 4 aromatic rings. The highest BCUT2D eigenvalue weighted by atomic mass is 16.6. The smallest absolute Gasteiger partial charge is 0.342 e. The van der Waals surface area contributed by atoms with Crippen LogP contribution in [0.15, 0.2) is 26.1 Å². The lowest BCUT2D eigenvalue weighted by atomic mass is 9.63. The average molecular weight is 530 g/mol. The van der Waals surface area contributed by atoms with Crippen molar-refractivity contribution in [1.29, 1.82) is 0 Å². The van der Waals surface area contributed by atoms with Gasteiger partial charge in [0.25, 0.3) is 11.9 Å². The number of carbonyl (C=O) groups excluding carboxylic acids is 3. The molecular weight excluding hydrogens is 512 g/mol. The molecule has 1 aliphatic heterocycles. The van der Waals surface area contributed by atoms with Gasteiger partial charge in [-0.3, -0.25) is 19.2 Å². The van der Waals surface area contributed by atoms with Crippen molar-refractivity contribution in [3.05, 3.63) is 71.5 Å². The summed E-state index contributed by atoms with van der Waals surface area (Å²) in [6.45, 7) is 3.77. The topological polar surface area (TPSA) is 178 Å². The number of phenols is 1. The molecule has 0 radical (unpaired) electrons. The highest BCUT2D eigenvalue weighted by Gasteiger charge is 2.67. The van der Waals surface area contributed by atoms with E-state index in [-0.39, 0.29) is 44.0 Å². The maximum atomic E-state index is 14.4. The van der Waals surface area contributed by atoms with Gasteiger partial charge >= 0.3 is 11.9 Å². The van der Waals surface area contributed by atoms with Crippen LogP contribution in [0.5, 0.6) is 17.6 Å². The predicted octanol–water partition coefficient (Wildman–Crippen LogP) is 2.16. The quantitative estimate of drug-likeness (QED) is 0.307. The molecule has 0 saturated carbocycles. The highest BCUT2D eigenvalue weighted by Crippen LogP contribution is 2.62. The molecule has 0 unspecified atom stereocenters. The van der Waals surface area contributed by atoms with Crippen LogP contribution >= 0.6 is 0 Å². The van der Waals surface area contributed by atoms with Gasteiger partial charge in [-0.2, -0.15) is 0 Å². The molecule has 11 nitrogen and oxygen atoms in total. The molecule has 3 N–H and O–H groups in total. The van der Waals surface area contributed by atoms with Crippen LogP contribution in [0.25, 0.3) is 21.5 Å². The van der Waals surface area contributed by atoms with Gasteiger partial charge in [0, 0.05) is 23.4 Å². The van der Waals surface area contributed by atoms with Gasteiger partial charge in [0.15, 0.2) is 16.6 Å². The number of Topliss-reactive ketones (excluding diaryl/α,β-unsaturated/α-hetero) is 1. The first-order valence-corrected chi connectivity index (χ1v) is 12.0. The molecule has 0 fully saturated rings. The third kappa shape index (κ3) is 2.41.